The van der Waals surface area contributed by atoms with Gasteiger partial charge in [-0.05, 0) is 23.1 Å². The SMILES string of the molecule is NC1(C(O)N2Cc3ccccc3CO2)CC1c1ccccc1. The molecule has 2 aliphatic rings. The third kappa shape index (κ3) is 2.25. The molecule has 4 heteroatoms. The molecule has 0 amide bonds. The Kier molecular flexibility index (Phi) is 3.27. The zero-order chi connectivity index (χ0) is 15.2. The second-order valence-corrected chi connectivity index (χ2v) is 6.27. The van der Waals surface area contributed by atoms with Crippen LogP contribution >= 0.6 is 0 Å². The number of rotatable bonds is 3. The van der Waals surface area contributed by atoms with E-state index in [0.717, 1.165) is 6.42 Å². The number of aliphatic hydroxyl groups is 1. The topological polar surface area (TPSA) is 58.7 Å². The Morgan fingerprint density at radius 2 is 1.77 bits per heavy atom. The standard InChI is InChI=1S/C18H20N2O2/c19-18(10-16(18)13-6-2-1-3-7-13)17(21)20-11-14-8-4-5-9-15(14)12-22-20/h1-9,16-17,21H,10-12,19H2. The van der Waals surface area contributed by atoms with Gasteiger partial charge in [-0.1, -0.05) is 54.6 Å². The van der Waals surface area contributed by atoms with Crippen LogP contribution in [0, 0.1) is 0 Å². The number of fused-ring (bicyclic) bond motifs is 1. The van der Waals surface area contributed by atoms with Crippen molar-refractivity contribution >= 4 is 0 Å². The second kappa shape index (κ2) is 5.18. The van der Waals surface area contributed by atoms with Gasteiger partial charge in [0.2, 0.25) is 0 Å². The lowest BCUT2D eigenvalue weighted by molar-refractivity contribution is -0.269. The molecule has 4 rings (SSSR count). The molecule has 3 atom stereocenters. The summed E-state index contributed by atoms with van der Waals surface area (Å²) in [5, 5.41) is 12.3. The summed E-state index contributed by atoms with van der Waals surface area (Å²) in [6.45, 7) is 1.05. The number of benzene rings is 2. The molecule has 0 bridgehead atoms. The van der Waals surface area contributed by atoms with Gasteiger partial charge in [0.25, 0.3) is 0 Å². The highest BCUT2D eigenvalue weighted by molar-refractivity contribution is 5.34. The van der Waals surface area contributed by atoms with Gasteiger partial charge >= 0.3 is 0 Å². The Balaban J connectivity index is 1.51. The van der Waals surface area contributed by atoms with Crippen LogP contribution in [0.4, 0.5) is 0 Å². The van der Waals surface area contributed by atoms with Gasteiger partial charge in [-0.3, -0.25) is 4.84 Å². The molecule has 114 valence electrons. The first-order chi connectivity index (χ1) is 10.7. The number of aliphatic hydroxyl groups excluding tert-OH is 1. The van der Waals surface area contributed by atoms with Crippen molar-refractivity contribution in [3.8, 4) is 0 Å². The molecule has 1 aliphatic heterocycles. The third-order valence-electron chi connectivity index (χ3n) is 4.83. The lowest BCUT2D eigenvalue weighted by atomic mass is 10.0. The Labute approximate surface area is 130 Å². The summed E-state index contributed by atoms with van der Waals surface area (Å²) in [5.74, 6) is 0.185. The maximum absolute atomic E-state index is 10.7. The predicted molar refractivity (Wildman–Crippen MR) is 83.5 cm³/mol. The van der Waals surface area contributed by atoms with Gasteiger partial charge in [0.15, 0.2) is 0 Å². The van der Waals surface area contributed by atoms with Gasteiger partial charge in [0.1, 0.15) is 6.23 Å². The van der Waals surface area contributed by atoms with Crippen molar-refractivity contribution in [3.63, 3.8) is 0 Å². The first-order valence-corrected chi connectivity index (χ1v) is 7.67. The molecule has 3 unspecified atom stereocenters. The molecule has 2 aromatic carbocycles. The first-order valence-electron chi connectivity index (χ1n) is 7.67. The van der Waals surface area contributed by atoms with Gasteiger partial charge in [0, 0.05) is 5.92 Å². The third-order valence-corrected chi connectivity index (χ3v) is 4.83. The maximum Gasteiger partial charge on any atom is 0.148 e. The molecule has 2 aromatic rings. The average molecular weight is 296 g/mol. The molecule has 0 aromatic heterocycles. The summed E-state index contributed by atoms with van der Waals surface area (Å²) in [6, 6.07) is 18.3. The van der Waals surface area contributed by atoms with Crippen molar-refractivity contribution in [3.05, 3.63) is 71.3 Å². The van der Waals surface area contributed by atoms with Crippen molar-refractivity contribution in [2.75, 3.05) is 0 Å². The van der Waals surface area contributed by atoms with Crippen molar-refractivity contribution in [2.45, 2.75) is 37.3 Å². The molecule has 1 heterocycles. The predicted octanol–water partition coefficient (Wildman–Crippen LogP) is 2.14. The van der Waals surface area contributed by atoms with Crippen LogP contribution in [0.2, 0.25) is 0 Å². The minimum atomic E-state index is -0.800. The van der Waals surface area contributed by atoms with E-state index in [9.17, 15) is 5.11 Å². The van der Waals surface area contributed by atoms with E-state index < -0.39 is 11.8 Å². The van der Waals surface area contributed by atoms with Crippen LogP contribution in [0.5, 0.6) is 0 Å². The van der Waals surface area contributed by atoms with E-state index in [4.69, 9.17) is 10.6 Å². The molecule has 3 N–H and O–H groups in total. The molecule has 0 radical (unpaired) electrons. The zero-order valence-corrected chi connectivity index (χ0v) is 12.4. The summed E-state index contributed by atoms with van der Waals surface area (Å²) in [6.07, 6.45) is -0.0225. The Bertz CT molecular complexity index is 676. The molecular formula is C18H20N2O2. The molecule has 0 spiro atoms. The average Bonchev–Trinajstić information content (AvgIpc) is 3.28. The van der Waals surface area contributed by atoms with E-state index >= 15 is 0 Å². The van der Waals surface area contributed by atoms with Gasteiger partial charge in [-0.25, -0.2) is 0 Å². The Morgan fingerprint density at radius 1 is 1.09 bits per heavy atom. The number of nitrogens with zero attached hydrogens (tertiary/aromatic N) is 1. The Hall–Kier alpha value is -1.72. The van der Waals surface area contributed by atoms with Crippen LogP contribution in [0.25, 0.3) is 0 Å². The van der Waals surface area contributed by atoms with Crippen LogP contribution in [-0.2, 0) is 18.0 Å². The molecule has 22 heavy (non-hydrogen) atoms. The molecule has 1 saturated carbocycles. The van der Waals surface area contributed by atoms with Crippen molar-refractivity contribution < 1.29 is 9.94 Å². The van der Waals surface area contributed by atoms with E-state index in [0.29, 0.717) is 13.2 Å². The van der Waals surface area contributed by atoms with E-state index in [1.165, 1.54) is 16.7 Å². The maximum atomic E-state index is 10.7. The van der Waals surface area contributed by atoms with E-state index in [1.807, 2.05) is 30.3 Å². The summed E-state index contributed by atoms with van der Waals surface area (Å²) in [4.78, 5) is 5.72. The Morgan fingerprint density at radius 3 is 2.55 bits per heavy atom. The fourth-order valence-electron chi connectivity index (χ4n) is 3.34. The summed E-state index contributed by atoms with van der Waals surface area (Å²) in [7, 11) is 0. The summed E-state index contributed by atoms with van der Waals surface area (Å²) in [5.41, 5.74) is 9.36. The summed E-state index contributed by atoms with van der Waals surface area (Å²) < 4.78 is 0. The first kappa shape index (κ1) is 13.9. The van der Waals surface area contributed by atoms with Crippen molar-refractivity contribution in [1.82, 2.24) is 5.06 Å². The molecule has 0 saturated heterocycles. The van der Waals surface area contributed by atoms with Gasteiger partial charge < -0.3 is 10.8 Å². The minimum Gasteiger partial charge on any atom is -0.374 e. The highest BCUT2D eigenvalue weighted by Crippen LogP contribution is 2.52. The number of hydrogen-bond acceptors (Lipinski definition) is 4. The minimum absolute atomic E-state index is 0.185. The van der Waals surface area contributed by atoms with Crippen LogP contribution in [0.15, 0.2) is 54.6 Å². The zero-order valence-electron chi connectivity index (χ0n) is 12.4. The highest BCUT2D eigenvalue weighted by Gasteiger charge is 2.59. The van der Waals surface area contributed by atoms with Crippen LogP contribution in [0.3, 0.4) is 0 Å². The molecular weight excluding hydrogens is 276 g/mol. The summed E-state index contributed by atoms with van der Waals surface area (Å²) >= 11 is 0. The van der Waals surface area contributed by atoms with Gasteiger partial charge in [-0.15, -0.1) is 0 Å². The second-order valence-electron chi connectivity index (χ2n) is 6.27. The normalized spacial score (nSPS) is 28.9. The quantitative estimate of drug-likeness (QED) is 0.911. The highest BCUT2D eigenvalue weighted by atomic mass is 16.7. The van der Waals surface area contributed by atoms with E-state index in [1.54, 1.807) is 5.06 Å². The van der Waals surface area contributed by atoms with Gasteiger partial charge in [-0.2, -0.15) is 5.06 Å². The smallest absolute Gasteiger partial charge is 0.148 e. The molecule has 1 aliphatic carbocycles. The molecule has 1 fully saturated rings. The fraction of sp³-hybridized carbons (Fsp3) is 0.333. The lowest BCUT2D eigenvalue weighted by Crippen LogP contribution is -2.51. The van der Waals surface area contributed by atoms with E-state index in [-0.39, 0.29) is 5.92 Å². The van der Waals surface area contributed by atoms with Crippen LogP contribution in [-0.4, -0.2) is 21.9 Å². The largest absolute Gasteiger partial charge is 0.374 e. The fourth-order valence-corrected chi connectivity index (χ4v) is 3.34. The van der Waals surface area contributed by atoms with Crippen LogP contribution < -0.4 is 5.73 Å². The lowest BCUT2D eigenvalue weighted by Gasteiger charge is -2.35. The number of hydrogen-bond donors (Lipinski definition) is 2. The molecule has 4 nitrogen and oxygen atoms in total. The van der Waals surface area contributed by atoms with Gasteiger partial charge in [0.05, 0.1) is 18.7 Å². The number of nitrogens with two attached hydrogens (primary N) is 1. The van der Waals surface area contributed by atoms with E-state index in [2.05, 4.69) is 24.3 Å². The number of hydroxylamine groups is 2. The van der Waals surface area contributed by atoms with Crippen molar-refractivity contribution in [2.24, 2.45) is 5.73 Å². The monoisotopic (exact) mass is 296 g/mol. The van der Waals surface area contributed by atoms with Crippen molar-refractivity contribution in [1.29, 1.82) is 0 Å². The van der Waals surface area contributed by atoms with Crippen LogP contribution in [0.1, 0.15) is 29.0 Å².